The predicted molar refractivity (Wildman–Crippen MR) is 112 cm³/mol. The highest BCUT2D eigenvalue weighted by atomic mass is 32.2. The van der Waals surface area contributed by atoms with Gasteiger partial charge in [-0.15, -0.1) is 0 Å². The van der Waals surface area contributed by atoms with Gasteiger partial charge < -0.3 is 14.4 Å². The molecule has 7 nitrogen and oxygen atoms in total. The lowest BCUT2D eigenvalue weighted by Crippen LogP contribution is -2.39. The number of piperidine rings is 1. The Kier molecular flexibility index (Phi) is 5.71. The normalized spacial score (nSPS) is 18.9. The van der Waals surface area contributed by atoms with Crippen LogP contribution in [-0.4, -0.2) is 50.5 Å². The van der Waals surface area contributed by atoms with E-state index in [0.29, 0.717) is 42.6 Å². The molecular formula is C22H26N2O5S. The maximum Gasteiger partial charge on any atom is 0.253 e. The van der Waals surface area contributed by atoms with Crippen molar-refractivity contribution in [3.8, 4) is 11.5 Å². The molecule has 8 heteroatoms. The molecule has 1 saturated heterocycles. The molecule has 0 aliphatic carbocycles. The number of sulfonamides is 1. The molecule has 30 heavy (non-hydrogen) atoms. The molecule has 0 spiro atoms. The second kappa shape index (κ2) is 8.28. The molecule has 1 atom stereocenters. The maximum atomic E-state index is 12.9. The zero-order valence-corrected chi connectivity index (χ0v) is 18.0. The van der Waals surface area contributed by atoms with Crippen LogP contribution in [0.15, 0.2) is 47.4 Å². The highest BCUT2D eigenvalue weighted by Crippen LogP contribution is 2.33. The van der Waals surface area contributed by atoms with Crippen molar-refractivity contribution in [1.82, 2.24) is 9.21 Å². The highest BCUT2D eigenvalue weighted by molar-refractivity contribution is 7.89. The van der Waals surface area contributed by atoms with E-state index in [1.165, 1.54) is 12.1 Å². The second-order valence-electron chi connectivity index (χ2n) is 7.98. The Bertz CT molecular complexity index is 1040. The number of carbonyl (C=O) groups excluding carboxylic acids is 1. The summed E-state index contributed by atoms with van der Waals surface area (Å²) in [6, 6.07) is 11.8. The molecule has 0 bridgehead atoms. The topological polar surface area (TPSA) is 76.2 Å². The third kappa shape index (κ3) is 4.15. The van der Waals surface area contributed by atoms with Gasteiger partial charge in [-0.1, -0.05) is 13.0 Å². The number of amides is 1. The third-order valence-electron chi connectivity index (χ3n) is 5.56. The van der Waals surface area contributed by atoms with E-state index in [-0.39, 0.29) is 17.6 Å². The van der Waals surface area contributed by atoms with Crippen molar-refractivity contribution >= 4 is 15.9 Å². The summed E-state index contributed by atoms with van der Waals surface area (Å²) in [5, 5.41) is 0. The number of benzene rings is 2. The largest absolute Gasteiger partial charge is 0.454 e. The molecule has 0 unspecified atom stereocenters. The Labute approximate surface area is 177 Å². The Balaban J connectivity index is 1.44. The fourth-order valence-corrected chi connectivity index (χ4v) is 5.49. The standard InChI is InChI=1S/C22H26N2O5S/c1-16-4-3-11-24(13-16)30(26,27)19-8-6-18(7-9-19)22(25)23(2)14-17-5-10-20-21(12-17)29-15-28-20/h5-10,12,16H,3-4,11,13-15H2,1-2H3/t16-/m1/s1. The number of hydrogen-bond acceptors (Lipinski definition) is 5. The van der Waals surface area contributed by atoms with Crippen molar-refractivity contribution in [2.24, 2.45) is 5.92 Å². The van der Waals surface area contributed by atoms with Crippen molar-refractivity contribution in [2.45, 2.75) is 31.2 Å². The smallest absolute Gasteiger partial charge is 0.253 e. The first-order valence-electron chi connectivity index (χ1n) is 10.1. The van der Waals surface area contributed by atoms with Crippen molar-refractivity contribution in [2.75, 3.05) is 26.9 Å². The van der Waals surface area contributed by atoms with Gasteiger partial charge in [0.2, 0.25) is 16.8 Å². The number of ether oxygens (including phenoxy) is 2. The van der Waals surface area contributed by atoms with Crippen LogP contribution in [0, 0.1) is 5.92 Å². The number of hydrogen-bond donors (Lipinski definition) is 0. The summed E-state index contributed by atoms with van der Waals surface area (Å²) in [5.74, 6) is 1.56. The number of carbonyl (C=O) groups is 1. The van der Waals surface area contributed by atoms with E-state index in [0.717, 1.165) is 18.4 Å². The van der Waals surface area contributed by atoms with E-state index in [4.69, 9.17) is 9.47 Å². The fourth-order valence-electron chi connectivity index (χ4n) is 3.89. The van der Waals surface area contributed by atoms with Crippen LogP contribution in [-0.2, 0) is 16.6 Å². The Morgan fingerprint density at radius 1 is 1.13 bits per heavy atom. The Morgan fingerprint density at radius 2 is 1.87 bits per heavy atom. The first-order chi connectivity index (χ1) is 14.3. The van der Waals surface area contributed by atoms with Crippen molar-refractivity contribution < 1.29 is 22.7 Å². The number of rotatable bonds is 5. The minimum absolute atomic E-state index is 0.178. The first-order valence-corrected chi connectivity index (χ1v) is 11.5. The molecule has 2 heterocycles. The molecule has 0 N–H and O–H groups in total. The average molecular weight is 431 g/mol. The zero-order chi connectivity index (χ0) is 21.3. The van der Waals surface area contributed by atoms with E-state index < -0.39 is 10.0 Å². The van der Waals surface area contributed by atoms with Gasteiger partial charge in [0.25, 0.3) is 5.91 Å². The van der Waals surface area contributed by atoms with Crippen LogP contribution in [0.1, 0.15) is 35.7 Å². The van der Waals surface area contributed by atoms with E-state index in [2.05, 4.69) is 6.92 Å². The van der Waals surface area contributed by atoms with Crippen LogP contribution in [0.4, 0.5) is 0 Å². The minimum Gasteiger partial charge on any atom is -0.454 e. The molecule has 2 aromatic carbocycles. The summed E-state index contributed by atoms with van der Waals surface area (Å²) in [5.41, 5.74) is 1.37. The van der Waals surface area contributed by atoms with Crippen LogP contribution < -0.4 is 9.47 Å². The molecule has 4 rings (SSSR count). The van der Waals surface area contributed by atoms with E-state index in [1.807, 2.05) is 18.2 Å². The molecule has 0 saturated carbocycles. The number of fused-ring (bicyclic) bond motifs is 1. The van der Waals surface area contributed by atoms with Crippen LogP contribution in [0.2, 0.25) is 0 Å². The van der Waals surface area contributed by atoms with Crippen LogP contribution >= 0.6 is 0 Å². The van der Waals surface area contributed by atoms with Gasteiger partial charge >= 0.3 is 0 Å². The summed E-state index contributed by atoms with van der Waals surface area (Å²) in [7, 11) is -1.81. The van der Waals surface area contributed by atoms with Crippen LogP contribution in [0.25, 0.3) is 0 Å². The molecule has 1 fully saturated rings. The van der Waals surface area contributed by atoms with Crippen molar-refractivity contribution in [3.63, 3.8) is 0 Å². The predicted octanol–water partition coefficient (Wildman–Crippen LogP) is 3.11. The molecule has 0 aromatic heterocycles. The maximum absolute atomic E-state index is 12.9. The second-order valence-corrected chi connectivity index (χ2v) is 9.92. The van der Waals surface area contributed by atoms with E-state index >= 15 is 0 Å². The quantitative estimate of drug-likeness (QED) is 0.729. The van der Waals surface area contributed by atoms with Gasteiger partial charge in [0.05, 0.1) is 4.90 Å². The molecule has 0 radical (unpaired) electrons. The summed E-state index contributed by atoms with van der Waals surface area (Å²) in [4.78, 5) is 14.6. The molecule has 2 aliphatic heterocycles. The van der Waals surface area contributed by atoms with Crippen LogP contribution in [0.3, 0.4) is 0 Å². The van der Waals surface area contributed by atoms with Gasteiger partial charge in [0, 0.05) is 32.2 Å². The lowest BCUT2D eigenvalue weighted by Gasteiger charge is -2.30. The lowest BCUT2D eigenvalue weighted by molar-refractivity contribution is 0.0785. The summed E-state index contributed by atoms with van der Waals surface area (Å²) in [6.07, 6.45) is 1.93. The van der Waals surface area contributed by atoms with Crippen molar-refractivity contribution in [3.05, 3.63) is 53.6 Å². The van der Waals surface area contributed by atoms with Gasteiger partial charge in [0.15, 0.2) is 11.5 Å². The Morgan fingerprint density at radius 3 is 2.60 bits per heavy atom. The summed E-state index contributed by atoms with van der Waals surface area (Å²) in [6.45, 7) is 3.77. The van der Waals surface area contributed by atoms with Crippen LogP contribution in [0.5, 0.6) is 11.5 Å². The van der Waals surface area contributed by atoms with Gasteiger partial charge in [-0.25, -0.2) is 8.42 Å². The number of nitrogens with zero attached hydrogens (tertiary/aromatic N) is 2. The molecule has 2 aromatic rings. The van der Waals surface area contributed by atoms with E-state index in [9.17, 15) is 13.2 Å². The first kappa shape index (κ1) is 20.7. The lowest BCUT2D eigenvalue weighted by atomic mass is 10.0. The van der Waals surface area contributed by atoms with Gasteiger partial charge in [-0.05, 0) is 60.7 Å². The highest BCUT2D eigenvalue weighted by Gasteiger charge is 2.28. The SMILES string of the molecule is C[C@@H]1CCCN(S(=O)(=O)c2ccc(C(=O)N(C)Cc3ccc4c(c3)OCO4)cc2)C1. The minimum atomic E-state index is -3.53. The molecule has 1 amide bonds. The van der Waals surface area contributed by atoms with Gasteiger partial charge in [0.1, 0.15) is 0 Å². The average Bonchev–Trinajstić information content (AvgIpc) is 3.21. The molecule has 2 aliphatic rings. The summed E-state index contributed by atoms with van der Waals surface area (Å²) < 4.78 is 38.0. The van der Waals surface area contributed by atoms with Gasteiger partial charge in [-0.3, -0.25) is 4.79 Å². The molecular weight excluding hydrogens is 404 g/mol. The Hall–Kier alpha value is -2.58. The molecule has 160 valence electrons. The zero-order valence-electron chi connectivity index (χ0n) is 17.2. The van der Waals surface area contributed by atoms with E-state index in [1.54, 1.807) is 28.4 Å². The van der Waals surface area contributed by atoms with Crippen molar-refractivity contribution in [1.29, 1.82) is 0 Å². The third-order valence-corrected chi connectivity index (χ3v) is 7.44. The summed E-state index contributed by atoms with van der Waals surface area (Å²) >= 11 is 0. The fraction of sp³-hybridized carbons (Fsp3) is 0.409. The monoisotopic (exact) mass is 430 g/mol. The van der Waals surface area contributed by atoms with Gasteiger partial charge in [-0.2, -0.15) is 4.31 Å².